The number of amides is 1. The van der Waals surface area contributed by atoms with Gasteiger partial charge in [0.2, 0.25) is 15.9 Å². The van der Waals surface area contributed by atoms with Gasteiger partial charge in [0.05, 0.1) is 16.7 Å². The average molecular weight is 316 g/mol. The number of non-ortho nitro benzene ring substituents is 1. The molecule has 21 heavy (non-hydrogen) atoms. The van der Waals surface area contributed by atoms with Crippen molar-refractivity contribution in [2.45, 2.75) is 17.9 Å². The Morgan fingerprint density at radius 2 is 1.95 bits per heavy atom. The van der Waals surface area contributed by atoms with E-state index in [0.29, 0.717) is 0 Å². The van der Waals surface area contributed by atoms with Gasteiger partial charge in [-0.3, -0.25) is 14.9 Å². The molecule has 0 spiro atoms. The molecule has 0 aliphatic heterocycles. The fourth-order valence-corrected chi connectivity index (χ4v) is 3.05. The van der Waals surface area contributed by atoms with Crippen molar-refractivity contribution in [3.63, 3.8) is 0 Å². The van der Waals surface area contributed by atoms with Gasteiger partial charge in [-0.15, -0.1) is 0 Å². The largest absolute Gasteiger partial charge is 0.387 e. The highest BCUT2D eigenvalue weighted by Gasteiger charge is 2.25. The van der Waals surface area contributed by atoms with Crippen molar-refractivity contribution in [3.05, 3.63) is 28.3 Å². The van der Waals surface area contributed by atoms with Crippen LogP contribution in [0.25, 0.3) is 0 Å². The maximum atomic E-state index is 12.3. The lowest BCUT2D eigenvalue weighted by atomic mass is 10.3. The number of hydrogen-bond donors (Lipinski definition) is 3. The first-order chi connectivity index (χ1) is 9.72. The van der Waals surface area contributed by atoms with Crippen LogP contribution in [0.2, 0.25) is 0 Å². The van der Waals surface area contributed by atoms with Crippen LogP contribution in [0, 0.1) is 10.1 Å². The van der Waals surface area contributed by atoms with Crippen LogP contribution >= 0.6 is 0 Å². The normalized spacial score (nSPS) is 12.5. The lowest BCUT2D eigenvalue weighted by Crippen LogP contribution is -2.43. The molecule has 10 heteroatoms. The Kier molecular flexibility index (Phi) is 5.22. The van der Waals surface area contributed by atoms with E-state index in [4.69, 9.17) is 0 Å². The zero-order valence-electron chi connectivity index (χ0n) is 11.7. The van der Waals surface area contributed by atoms with Crippen LogP contribution in [0.4, 0.5) is 11.4 Å². The van der Waals surface area contributed by atoms with Crippen LogP contribution in [0.3, 0.4) is 0 Å². The lowest BCUT2D eigenvalue weighted by Gasteiger charge is -2.15. The maximum Gasteiger partial charge on any atom is 0.270 e. The predicted octanol–water partition coefficient (Wildman–Crippen LogP) is 0.0493. The third-order valence-electron chi connectivity index (χ3n) is 2.71. The first-order valence-electron chi connectivity index (χ1n) is 5.93. The second kappa shape index (κ2) is 6.50. The molecule has 1 atom stereocenters. The number of nitrogens with zero attached hydrogens (tertiary/aromatic N) is 1. The van der Waals surface area contributed by atoms with E-state index in [9.17, 15) is 23.3 Å². The van der Waals surface area contributed by atoms with Crippen LogP contribution in [0.1, 0.15) is 6.92 Å². The second-order valence-electron chi connectivity index (χ2n) is 4.14. The van der Waals surface area contributed by atoms with Gasteiger partial charge in [0.15, 0.2) is 0 Å². The van der Waals surface area contributed by atoms with E-state index < -0.39 is 26.9 Å². The summed E-state index contributed by atoms with van der Waals surface area (Å²) in [6, 6.07) is 2.40. The number of nitro benzene ring substituents is 1. The molecule has 1 aromatic carbocycles. The molecular weight excluding hydrogens is 300 g/mol. The molecule has 0 radical (unpaired) electrons. The van der Waals surface area contributed by atoms with Crippen molar-refractivity contribution in [2.75, 3.05) is 19.4 Å². The molecule has 1 amide bonds. The number of anilines is 1. The smallest absolute Gasteiger partial charge is 0.270 e. The van der Waals surface area contributed by atoms with Gasteiger partial charge in [-0.25, -0.2) is 8.42 Å². The van der Waals surface area contributed by atoms with Crippen LogP contribution in [-0.4, -0.2) is 39.4 Å². The number of likely N-dealkylation sites (N-methyl/N-ethyl adjacent to an activating group) is 1. The highest BCUT2D eigenvalue weighted by Crippen LogP contribution is 2.26. The third-order valence-corrected chi connectivity index (χ3v) is 4.29. The number of rotatable bonds is 6. The Hall–Kier alpha value is -2.20. The van der Waals surface area contributed by atoms with Gasteiger partial charge in [0, 0.05) is 26.2 Å². The summed E-state index contributed by atoms with van der Waals surface area (Å²) in [6.07, 6.45) is 0. The first-order valence-corrected chi connectivity index (χ1v) is 7.41. The Balaban J connectivity index is 3.26. The molecule has 0 bridgehead atoms. The minimum absolute atomic E-state index is 0.192. The molecule has 0 fully saturated rings. The average Bonchev–Trinajstić information content (AvgIpc) is 2.44. The molecule has 0 aromatic heterocycles. The number of carbonyl (C=O) groups is 1. The number of hydrogen-bond acceptors (Lipinski definition) is 6. The number of nitrogens with one attached hydrogen (secondary N) is 3. The SMILES string of the molecule is CNC(=O)C(C)NS(=O)(=O)c1cc([N+](=O)[O-])ccc1NC. The predicted molar refractivity (Wildman–Crippen MR) is 76.5 cm³/mol. The van der Waals surface area contributed by atoms with Crippen LogP contribution in [-0.2, 0) is 14.8 Å². The third kappa shape index (κ3) is 3.89. The summed E-state index contributed by atoms with van der Waals surface area (Å²) in [5.74, 6) is -0.519. The molecule has 1 rings (SSSR count). The first kappa shape index (κ1) is 16.9. The van der Waals surface area contributed by atoms with Gasteiger partial charge in [0.1, 0.15) is 4.90 Å². The van der Waals surface area contributed by atoms with E-state index in [-0.39, 0.29) is 16.3 Å². The van der Waals surface area contributed by atoms with Gasteiger partial charge in [-0.05, 0) is 13.0 Å². The monoisotopic (exact) mass is 316 g/mol. The van der Waals surface area contributed by atoms with E-state index >= 15 is 0 Å². The number of carbonyl (C=O) groups excluding carboxylic acids is 1. The Bertz CT molecular complexity index is 659. The molecule has 0 aliphatic rings. The molecule has 1 unspecified atom stereocenters. The van der Waals surface area contributed by atoms with E-state index in [2.05, 4.69) is 15.4 Å². The topological polar surface area (TPSA) is 130 Å². The summed E-state index contributed by atoms with van der Waals surface area (Å²) in [5.41, 5.74) is -0.167. The number of benzene rings is 1. The molecule has 0 saturated heterocycles. The van der Waals surface area contributed by atoms with Gasteiger partial charge in [-0.1, -0.05) is 0 Å². The van der Waals surface area contributed by atoms with Crippen molar-refractivity contribution in [3.8, 4) is 0 Å². The van der Waals surface area contributed by atoms with Crippen LogP contribution in [0.15, 0.2) is 23.1 Å². The van der Waals surface area contributed by atoms with Crippen molar-refractivity contribution in [2.24, 2.45) is 0 Å². The summed E-state index contributed by atoms with van der Waals surface area (Å²) in [6.45, 7) is 1.37. The van der Waals surface area contributed by atoms with Gasteiger partial charge >= 0.3 is 0 Å². The van der Waals surface area contributed by atoms with E-state index in [1.54, 1.807) is 0 Å². The van der Waals surface area contributed by atoms with Crippen molar-refractivity contribution >= 4 is 27.3 Å². The minimum Gasteiger partial charge on any atom is -0.387 e. The molecular formula is C11H16N4O5S. The van der Waals surface area contributed by atoms with Crippen molar-refractivity contribution in [1.29, 1.82) is 0 Å². The van der Waals surface area contributed by atoms with Gasteiger partial charge in [0.25, 0.3) is 5.69 Å². The molecule has 9 nitrogen and oxygen atoms in total. The standard InChI is InChI=1S/C11H16N4O5S/c1-7(11(16)13-3)14-21(19,20)10-6-8(15(17)18)4-5-9(10)12-2/h4-7,12,14H,1-3H3,(H,13,16). The Labute approximate surface area is 121 Å². The lowest BCUT2D eigenvalue weighted by molar-refractivity contribution is -0.385. The molecule has 0 saturated carbocycles. The fourth-order valence-electron chi connectivity index (χ4n) is 1.62. The molecule has 0 aliphatic carbocycles. The van der Waals surface area contributed by atoms with E-state index in [1.807, 2.05) is 0 Å². The molecule has 1 aromatic rings. The zero-order chi connectivity index (χ0) is 16.2. The van der Waals surface area contributed by atoms with Crippen molar-refractivity contribution in [1.82, 2.24) is 10.0 Å². The number of sulfonamides is 1. The summed E-state index contributed by atoms with van der Waals surface area (Å²) in [5, 5.41) is 15.7. The van der Waals surface area contributed by atoms with E-state index in [1.165, 1.54) is 33.2 Å². The minimum atomic E-state index is -4.09. The van der Waals surface area contributed by atoms with Crippen LogP contribution in [0.5, 0.6) is 0 Å². The highest BCUT2D eigenvalue weighted by atomic mass is 32.2. The van der Waals surface area contributed by atoms with E-state index in [0.717, 1.165) is 6.07 Å². The fraction of sp³-hybridized carbons (Fsp3) is 0.364. The van der Waals surface area contributed by atoms with Gasteiger partial charge in [-0.2, -0.15) is 4.72 Å². The highest BCUT2D eigenvalue weighted by molar-refractivity contribution is 7.89. The molecule has 116 valence electrons. The Morgan fingerprint density at radius 1 is 1.33 bits per heavy atom. The number of nitro groups is 1. The second-order valence-corrected chi connectivity index (χ2v) is 5.83. The quantitative estimate of drug-likeness (QED) is 0.502. The summed E-state index contributed by atoms with van der Waals surface area (Å²) < 4.78 is 26.7. The summed E-state index contributed by atoms with van der Waals surface area (Å²) >= 11 is 0. The maximum absolute atomic E-state index is 12.3. The van der Waals surface area contributed by atoms with Crippen LogP contribution < -0.4 is 15.4 Å². The molecule has 3 N–H and O–H groups in total. The molecule has 0 heterocycles. The van der Waals surface area contributed by atoms with Gasteiger partial charge < -0.3 is 10.6 Å². The summed E-state index contributed by atoms with van der Waals surface area (Å²) in [7, 11) is -1.23. The zero-order valence-corrected chi connectivity index (χ0v) is 12.5. The van der Waals surface area contributed by atoms with Crippen molar-refractivity contribution < 1.29 is 18.1 Å². The summed E-state index contributed by atoms with van der Waals surface area (Å²) in [4.78, 5) is 21.2. The Morgan fingerprint density at radius 3 is 2.43 bits per heavy atom.